The van der Waals surface area contributed by atoms with Gasteiger partial charge in [0.05, 0.1) is 37.2 Å². The zero-order valence-electron chi connectivity index (χ0n) is 58.6. The van der Waals surface area contributed by atoms with E-state index in [2.05, 4.69) is 16.0 Å². The first kappa shape index (κ1) is 78.7. The number of nitrogens with zero attached hydrogens (tertiary/aromatic N) is 9. The van der Waals surface area contributed by atoms with Crippen molar-refractivity contribution in [2.75, 3.05) is 95.1 Å². The molecule has 27 heteroatoms. The lowest BCUT2D eigenvalue weighted by Gasteiger charge is -2.36. The minimum absolute atomic E-state index is 0.00368. The number of carbonyl (C=O) groups excluding carboxylic acids is 12. The van der Waals surface area contributed by atoms with Gasteiger partial charge in [-0.2, -0.15) is 0 Å². The molecule has 0 unspecified atom stereocenters. The number of ether oxygens (including phenoxy) is 1. The molecule has 95 heavy (non-hydrogen) atoms. The van der Waals surface area contributed by atoms with E-state index in [1.807, 2.05) is 20.8 Å². The zero-order valence-corrected chi connectivity index (χ0v) is 60.1. The molecule has 7 atom stereocenters. The molecular weight excluding hydrogens is 1260 g/mol. The van der Waals surface area contributed by atoms with Crippen LogP contribution in [0.15, 0.2) is 23.4 Å². The Kier molecular flexibility index (Phi) is 30.6. The third-order valence-electron chi connectivity index (χ3n) is 19.1. The number of likely N-dealkylation sites (tertiary alicyclic amines) is 1. The number of hydrogen-bond donors (Lipinski definition) is 3. The number of halogens is 2. The fourth-order valence-corrected chi connectivity index (χ4v) is 13.1. The van der Waals surface area contributed by atoms with Crippen LogP contribution in [0.25, 0.3) is 0 Å². The number of hydrogen-bond acceptors (Lipinski definition) is 13. The fraction of sp³-hybridized carbons (Fsp3) is 0.706. The van der Waals surface area contributed by atoms with E-state index in [1.54, 1.807) is 37.8 Å². The minimum Gasteiger partial charge on any atom is -0.489 e. The number of piperidine rings is 1. The fourth-order valence-electron chi connectivity index (χ4n) is 12.7. The summed E-state index contributed by atoms with van der Waals surface area (Å²) in [4.78, 5) is 184. The monoisotopic (exact) mass is 1370 g/mol. The molecule has 12 amide bonds. The van der Waals surface area contributed by atoms with E-state index in [-0.39, 0.29) is 73.0 Å². The first-order chi connectivity index (χ1) is 44.8. The van der Waals surface area contributed by atoms with E-state index in [9.17, 15) is 57.5 Å². The summed E-state index contributed by atoms with van der Waals surface area (Å²) in [6.45, 7) is 11.7. The minimum atomic E-state index is -1.35. The Bertz CT molecular complexity index is 2970. The van der Waals surface area contributed by atoms with Crippen molar-refractivity contribution in [1.82, 2.24) is 60.0 Å². The highest BCUT2D eigenvalue weighted by atomic mass is 35.5. The van der Waals surface area contributed by atoms with Gasteiger partial charge < -0.3 is 64.8 Å². The molecule has 3 heterocycles. The quantitative estimate of drug-likeness (QED) is 0.260. The summed E-state index contributed by atoms with van der Waals surface area (Å²) >= 11 is 13.1. The average molecular weight is 1370 g/mol. The van der Waals surface area contributed by atoms with Gasteiger partial charge in [0.15, 0.2) is 0 Å². The van der Waals surface area contributed by atoms with Gasteiger partial charge in [-0.05, 0) is 134 Å². The molecule has 3 saturated heterocycles. The summed E-state index contributed by atoms with van der Waals surface area (Å²) in [7, 11) is 9.96. The highest BCUT2D eigenvalue weighted by molar-refractivity contribution is 6.43. The van der Waals surface area contributed by atoms with E-state index >= 15 is 0 Å². The molecule has 5 rings (SSSR count). The van der Waals surface area contributed by atoms with E-state index in [0.717, 1.165) is 66.1 Å². The Hall–Kier alpha value is -7.02. The number of carbonyl (C=O) groups is 12. The number of rotatable bonds is 10. The van der Waals surface area contributed by atoms with Crippen LogP contribution in [-0.4, -0.2) is 252 Å². The van der Waals surface area contributed by atoms with Crippen molar-refractivity contribution >= 4 is 94.1 Å². The maximum atomic E-state index is 14.9. The van der Waals surface area contributed by atoms with Crippen LogP contribution in [0.1, 0.15) is 163 Å². The number of amides is 12. The first-order valence-electron chi connectivity index (χ1n) is 33.9. The number of likely N-dealkylation sites (N-methyl/N-ethyl adjacent to an activating group) is 7. The summed E-state index contributed by atoms with van der Waals surface area (Å²) in [5.41, 5.74) is 1.11. The van der Waals surface area contributed by atoms with Crippen LogP contribution in [0.2, 0.25) is 10.0 Å². The van der Waals surface area contributed by atoms with Gasteiger partial charge in [-0.1, -0.05) is 75.6 Å². The largest absolute Gasteiger partial charge is 0.489 e. The smallest absolute Gasteiger partial charge is 0.270 e. The second-order valence-corrected chi connectivity index (χ2v) is 27.7. The molecule has 3 aliphatic heterocycles. The molecule has 0 aromatic heterocycles. The second-order valence-electron chi connectivity index (χ2n) is 26.9. The SMILES string of the molecule is CC[C@H](C)[C@@H]1NC(=O)[C@H](C)N(C)C(=O)C[C@@H](C(=O)N2CCCCC2)N(C)C(=O)C(=C(C)C)N(C)C(=O)CCCCNC(=O)[C@@H]2CCCN2C(=O)[C@H](CCc2cc(Cl)c(Cl)c(OC(C)C)c2)NC(=O)CN(C)C(=O)[C@H](CC2CCCCC2)N(C)C(=O)CN(C)C(=O)CN(C)C1=O. The molecule has 0 bridgehead atoms. The van der Waals surface area contributed by atoms with Crippen molar-refractivity contribution in [3.05, 3.63) is 39.0 Å². The molecule has 1 aromatic rings. The van der Waals surface area contributed by atoms with Crippen LogP contribution in [0.5, 0.6) is 5.75 Å². The second kappa shape index (κ2) is 36.9. The molecule has 3 N–H and O–H groups in total. The van der Waals surface area contributed by atoms with Gasteiger partial charge in [-0.15, -0.1) is 0 Å². The number of aryl methyl sites for hydroxylation is 1. The molecular formula is C68H106Cl2N12O13. The summed E-state index contributed by atoms with van der Waals surface area (Å²) in [6.07, 6.45) is 8.46. The van der Waals surface area contributed by atoms with Gasteiger partial charge in [0.2, 0.25) is 65.0 Å². The van der Waals surface area contributed by atoms with Gasteiger partial charge >= 0.3 is 0 Å². The predicted molar refractivity (Wildman–Crippen MR) is 361 cm³/mol. The Morgan fingerprint density at radius 1 is 0.653 bits per heavy atom. The highest BCUT2D eigenvalue weighted by Gasteiger charge is 2.42. The van der Waals surface area contributed by atoms with Crippen molar-refractivity contribution in [2.24, 2.45) is 11.8 Å². The number of fused-ring (bicyclic) bond motifs is 1. The Balaban J connectivity index is 1.49. The molecule has 1 saturated carbocycles. The summed E-state index contributed by atoms with van der Waals surface area (Å²) in [6, 6.07) is -3.52. The van der Waals surface area contributed by atoms with Crippen molar-refractivity contribution in [1.29, 1.82) is 0 Å². The molecule has 1 aliphatic carbocycles. The predicted octanol–water partition coefficient (Wildman–Crippen LogP) is 5.02. The number of nitrogens with one attached hydrogen (secondary N) is 3. The van der Waals surface area contributed by atoms with E-state index < -0.39 is 139 Å². The molecule has 0 radical (unpaired) electrons. The van der Waals surface area contributed by atoms with E-state index in [1.165, 1.54) is 80.8 Å². The van der Waals surface area contributed by atoms with Gasteiger partial charge in [0.1, 0.15) is 52.7 Å². The Labute approximate surface area is 571 Å². The van der Waals surface area contributed by atoms with E-state index in [4.69, 9.17) is 27.9 Å². The van der Waals surface area contributed by atoms with Gasteiger partial charge in [0.25, 0.3) is 5.91 Å². The maximum absolute atomic E-state index is 14.9. The van der Waals surface area contributed by atoms with Crippen molar-refractivity contribution in [3.63, 3.8) is 0 Å². The van der Waals surface area contributed by atoms with Crippen LogP contribution >= 0.6 is 23.2 Å². The van der Waals surface area contributed by atoms with Crippen LogP contribution in [0.3, 0.4) is 0 Å². The zero-order chi connectivity index (χ0) is 70.7. The maximum Gasteiger partial charge on any atom is 0.270 e. The van der Waals surface area contributed by atoms with Gasteiger partial charge in [-0.25, -0.2) is 0 Å². The Morgan fingerprint density at radius 3 is 1.92 bits per heavy atom. The standard InChI is InChI=1S/C68H106Cl2N12O13/c1-15-44(6)60-67(93)76(10)40-57(86)74(8)41-58(87)78(12)51(36-46-25-18-16-19-26-46)65(91)75(9)39-54(83)72-49(30-29-47-35-48(69)59(70)53(37-47)95-43(4)5)64(90)82-34-24-27-50(82)63(89)71-31-21-20-28-55(84)80(14)61(42(2)3)68(94)79(13)52(66(92)81-32-22-17-23-33-81)38-56(85)77(11)45(7)62(88)73-60/h35,37,43-46,49-52,60H,15-34,36,38-41H2,1-14H3,(H,71,89)(H,72,83)(H,73,88)/t44-,45-,49-,50-,51-,52-,60-/m0/s1. The third kappa shape index (κ3) is 21.7. The summed E-state index contributed by atoms with van der Waals surface area (Å²) < 4.78 is 5.94. The number of benzene rings is 1. The Morgan fingerprint density at radius 2 is 1.28 bits per heavy atom. The lowest BCUT2D eigenvalue weighted by atomic mass is 9.84. The van der Waals surface area contributed by atoms with E-state index in [0.29, 0.717) is 55.7 Å². The van der Waals surface area contributed by atoms with Crippen LogP contribution in [0.4, 0.5) is 0 Å². The average Bonchev–Trinajstić information content (AvgIpc) is 1.63. The molecule has 1 aromatic carbocycles. The van der Waals surface area contributed by atoms with Crippen LogP contribution < -0.4 is 20.7 Å². The summed E-state index contributed by atoms with van der Waals surface area (Å²) in [5, 5.41) is 9.03. The van der Waals surface area contributed by atoms with Crippen LogP contribution in [-0.2, 0) is 64.0 Å². The highest BCUT2D eigenvalue weighted by Crippen LogP contribution is 2.35. The van der Waals surface area contributed by atoms with Crippen molar-refractivity contribution in [2.45, 2.75) is 206 Å². The molecule has 25 nitrogen and oxygen atoms in total. The van der Waals surface area contributed by atoms with Crippen molar-refractivity contribution in [3.8, 4) is 5.75 Å². The first-order valence-corrected chi connectivity index (χ1v) is 34.6. The molecule has 4 aliphatic rings. The van der Waals surface area contributed by atoms with Gasteiger partial charge in [0, 0.05) is 81.9 Å². The number of allylic oxidation sites excluding steroid dienone is 1. The molecule has 0 spiro atoms. The molecule has 4 fully saturated rings. The molecule has 530 valence electrons. The third-order valence-corrected chi connectivity index (χ3v) is 19.9. The van der Waals surface area contributed by atoms with Crippen molar-refractivity contribution < 1.29 is 62.3 Å². The van der Waals surface area contributed by atoms with Gasteiger partial charge in [-0.3, -0.25) is 57.5 Å². The normalized spacial score (nSPS) is 24.7. The topological polar surface area (TPSA) is 279 Å². The lowest BCUT2D eigenvalue weighted by molar-refractivity contribution is -0.149. The summed E-state index contributed by atoms with van der Waals surface area (Å²) in [5.74, 6) is -7.01. The lowest BCUT2D eigenvalue weighted by Crippen LogP contribution is -2.57. The van der Waals surface area contributed by atoms with Crippen LogP contribution in [0, 0.1) is 11.8 Å².